The molecule has 200 valence electrons. The van der Waals surface area contributed by atoms with E-state index >= 15 is 0 Å². The van der Waals surface area contributed by atoms with E-state index in [1.54, 1.807) is 6.92 Å². The predicted molar refractivity (Wildman–Crippen MR) is 108 cm³/mol. The monoisotopic (exact) mass is 500 g/mol. The van der Waals surface area contributed by atoms with Crippen LogP contribution in [-0.4, -0.2) is 147 Å². The SMILES string of the molecule is COC1OC(CO)[C@@H](O[C@@H]2OC(CO)[C@H](O)[C@H](O)C2O[C@@H]2OC(C)[C@@H](O)[C@H](O)C2O)[C@H](O)C1C. The lowest BCUT2D eigenvalue weighted by Gasteiger charge is -2.48. The van der Waals surface area contributed by atoms with Crippen LogP contribution in [0.5, 0.6) is 0 Å². The second-order valence-corrected chi connectivity index (χ2v) is 8.90. The molecule has 14 nitrogen and oxygen atoms in total. The molecule has 3 heterocycles. The fourth-order valence-electron chi connectivity index (χ4n) is 4.39. The number of aliphatic hydroxyl groups is 8. The van der Waals surface area contributed by atoms with Gasteiger partial charge in [0, 0.05) is 13.0 Å². The van der Waals surface area contributed by atoms with Crippen LogP contribution in [0.15, 0.2) is 0 Å². The molecule has 0 amide bonds. The molecule has 8 N–H and O–H groups in total. The maximum Gasteiger partial charge on any atom is 0.187 e. The van der Waals surface area contributed by atoms with Gasteiger partial charge < -0.3 is 69.3 Å². The van der Waals surface area contributed by atoms with E-state index in [1.807, 2.05) is 0 Å². The van der Waals surface area contributed by atoms with Gasteiger partial charge in [0.2, 0.25) is 0 Å². The molecule has 3 aliphatic rings. The van der Waals surface area contributed by atoms with Crippen molar-refractivity contribution in [2.75, 3.05) is 20.3 Å². The molecule has 0 spiro atoms. The van der Waals surface area contributed by atoms with E-state index < -0.39 is 105 Å². The fourth-order valence-corrected chi connectivity index (χ4v) is 4.39. The molecule has 0 saturated carbocycles. The topological polar surface area (TPSA) is 217 Å². The number of hydrogen-bond donors (Lipinski definition) is 8. The molecule has 14 heteroatoms. The Balaban J connectivity index is 1.83. The van der Waals surface area contributed by atoms with Crippen molar-refractivity contribution in [2.45, 2.75) is 99.9 Å². The van der Waals surface area contributed by atoms with E-state index in [2.05, 4.69) is 0 Å². The highest BCUT2D eigenvalue weighted by Gasteiger charge is 2.53. The van der Waals surface area contributed by atoms with Crippen LogP contribution in [0.3, 0.4) is 0 Å². The van der Waals surface area contributed by atoms with Crippen molar-refractivity contribution >= 4 is 0 Å². The molecule has 0 aromatic rings. The summed E-state index contributed by atoms with van der Waals surface area (Å²) in [6, 6.07) is 0. The molecule has 3 saturated heterocycles. The van der Waals surface area contributed by atoms with Crippen LogP contribution in [0.25, 0.3) is 0 Å². The molecule has 3 fully saturated rings. The number of rotatable bonds is 7. The number of hydrogen-bond acceptors (Lipinski definition) is 14. The zero-order valence-electron chi connectivity index (χ0n) is 19.1. The Labute approximate surface area is 196 Å². The molecule has 0 bridgehead atoms. The maximum atomic E-state index is 10.8. The smallest absolute Gasteiger partial charge is 0.187 e. The zero-order chi connectivity index (χ0) is 25.3. The van der Waals surface area contributed by atoms with Gasteiger partial charge in [-0.2, -0.15) is 0 Å². The summed E-state index contributed by atoms with van der Waals surface area (Å²) in [4.78, 5) is 0. The summed E-state index contributed by atoms with van der Waals surface area (Å²) in [5.74, 6) is -0.592. The Morgan fingerprint density at radius 1 is 0.588 bits per heavy atom. The van der Waals surface area contributed by atoms with E-state index in [9.17, 15) is 40.9 Å². The highest BCUT2D eigenvalue weighted by atomic mass is 16.8. The highest BCUT2D eigenvalue weighted by Crippen LogP contribution is 2.34. The zero-order valence-corrected chi connectivity index (χ0v) is 19.1. The van der Waals surface area contributed by atoms with E-state index in [4.69, 9.17) is 28.4 Å². The van der Waals surface area contributed by atoms with Gasteiger partial charge >= 0.3 is 0 Å². The Morgan fingerprint density at radius 2 is 1.18 bits per heavy atom. The van der Waals surface area contributed by atoms with Gasteiger partial charge in [0.25, 0.3) is 0 Å². The van der Waals surface area contributed by atoms with Gasteiger partial charge in [-0.15, -0.1) is 0 Å². The summed E-state index contributed by atoms with van der Waals surface area (Å²) < 4.78 is 33.3. The Hall–Kier alpha value is -0.560. The standard InChI is InChI=1S/C20H36O14/c1-6-10(23)16(9(5-22)32-18(6)29-3)33-20-17(14(27)12(25)8(4-21)31-20)34-19-15(28)13(26)11(24)7(2)30-19/h6-28H,4-5H2,1-3H3/t6?,7?,8?,9?,10-,11-,12+,13+,14+,15?,16-,17?,18?,19+,20+/m1/s1. The summed E-state index contributed by atoms with van der Waals surface area (Å²) in [6.45, 7) is 1.81. The summed E-state index contributed by atoms with van der Waals surface area (Å²) >= 11 is 0. The van der Waals surface area contributed by atoms with Gasteiger partial charge in [-0.25, -0.2) is 0 Å². The van der Waals surface area contributed by atoms with Crippen LogP contribution in [0.4, 0.5) is 0 Å². The molecular weight excluding hydrogens is 464 g/mol. The van der Waals surface area contributed by atoms with Gasteiger partial charge in [-0.1, -0.05) is 6.92 Å². The van der Waals surface area contributed by atoms with Crippen LogP contribution < -0.4 is 0 Å². The van der Waals surface area contributed by atoms with Crippen LogP contribution in [0.1, 0.15) is 13.8 Å². The van der Waals surface area contributed by atoms with Crippen molar-refractivity contribution in [1.29, 1.82) is 0 Å². The molecule has 15 atom stereocenters. The summed E-state index contributed by atoms with van der Waals surface area (Å²) in [7, 11) is 1.38. The van der Waals surface area contributed by atoms with Gasteiger partial charge in [-0.05, 0) is 6.92 Å². The Bertz CT molecular complexity index is 638. The van der Waals surface area contributed by atoms with E-state index in [0.29, 0.717) is 0 Å². The first-order chi connectivity index (χ1) is 16.0. The normalized spacial score (nSPS) is 52.5. The van der Waals surface area contributed by atoms with Crippen molar-refractivity contribution in [3.05, 3.63) is 0 Å². The summed E-state index contributed by atoms with van der Waals surface area (Å²) in [6.07, 6.45) is -19.3. The molecule has 0 aromatic carbocycles. The van der Waals surface area contributed by atoms with E-state index in [0.717, 1.165) is 0 Å². The van der Waals surface area contributed by atoms with Gasteiger partial charge in [-0.3, -0.25) is 0 Å². The largest absolute Gasteiger partial charge is 0.394 e. The second kappa shape index (κ2) is 11.7. The number of methoxy groups -OCH3 is 1. The first kappa shape index (κ1) is 28.0. The molecule has 0 aliphatic carbocycles. The lowest BCUT2D eigenvalue weighted by molar-refractivity contribution is -0.384. The Kier molecular flexibility index (Phi) is 9.61. The van der Waals surface area contributed by atoms with Crippen molar-refractivity contribution < 1.29 is 69.3 Å². The number of aliphatic hydroxyl groups excluding tert-OH is 8. The molecular formula is C20H36O14. The van der Waals surface area contributed by atoms with Crippen molar-refractivity contribution in [3.63, 3.8) is 0 Å². The predicted octanol–water partition coefficient (Wildman–Crippen LogP) is -4.62. The minimum Gasteiger partial charge on any atom is -0.394 e. The third kappa shape index (κ3) is 5.40. The van der Waals surface area contributed by atoms with E-state index in [1.165, 1.54) is 14.0 Å². The third-order valence-corrected chi connectivity index (χ3v) is 6.61. The second-order valence-electron chi connectivity index (χ2n) is 8.90. The first-order valence-corrected chi connectivity index (χ1v) is 11.2. The highest BCUT2D eigenvalue weighted by molar-refractivity contribution is 4.95. The van der Waals surface area contributed by atoms with Gasteiger partial charge in [0.05, 0.1) is 25.4 Å². The van der Waals surface area contributed by atoms with Crippen LogP contribution >= 0.6 is 0 Å². The molecule has 34 heavy (non-hydrogen) atoms. The summed E-state index contributed by atoms with van der Waals surface area (Å²) in [5.41, 5.74) is 0. The van der Waals surface area contributed by atoms with E-state index in [-0.39, 0.29) is 0 Å². The molecule has 3 rings (SSSR count). The van der Waals surface area contributed by atoms with Crippen LogP contribution in [0.2, 0.25) is 0 Å². The van der Waals surface area contributed by atoms with Gasteiger partial charge in [0.1, 0.15) is 54.9 Å². The molecule has 3 aliphatic heterocycles. The third-order valence-electron chi connectivity index (χ3n) is 6.61. The van der Waals surface area contributed by atoms with Crippen LogP contribution in [0, 0.1) is 5.92 Å². The lowest BCUT2D eigenvalue weighted by Crippen LogP contribution is -2.66. The Morgan fingerprint density at radius 3 is 1.76 bits per heavy atom. The van der Waals surface area contributed by atoms with Crippen molar-refractivity contribution in [3.8, 4) is 0 Å². The minimum atomic E-state index is -1.72. The van der Waals surface area contributed by atoms with Gasteiger partial charge in [0.15, 0.2) is 18.9 Å². The summed E-state index contributed by atoms with van der Waals surface area (Å²) in [5, 5.41) is 81.4. The number of ether oxygens (including phenoxy) is 6. The average Bonchev–Trinajstić information content (AvgIpc) is 2.83. The maximum absolute atomic E-state index is 10.8. The quantitative estimate of drug-likeness (QED) is 0.165. The first-order valence-electron chi connectivity index (χ1n) is 11.2. The molecule has 0 aromatic heterocycles. The lowest BCUT2D eigenvalue weighted by atomic mass is 9.92. The average molecular weight is 500 g/mol. The molecule has 7 unspecified atom stereocenters. The van der Waals surface area contributed by atoms with Crippen molar-refractivity contribution in [2.24, 2.45) is 5.92 Å². The minimum absolute atomic E-state index is 0.562. The van der Waals surface area contributed by atoms with Crippen LogP contribution in [-0.2, 0) is 28.4 Å². The van der Waals surface area contributed by atoms with Crippen molar-refractivity contribution in [1.82, 2.24) is 0 Å². The molecule has 0 radical (unpaired) electrons. The fraction of sp³-hybridized carbons (Fsp3) is 1.00.